The molecule has 0 bridgehead atoms. The number of halogens is 2. The number of esters is 1. The van der Waals surface area contributed by atoms with Crippen LogP contribution in [0.25, 0.3) is 0 Å². The average Bonchev–Trinajstić information content (AvgIpc) is 2.74. The Morgan fingerprint density at radius 1 is 0.931 bits per heavy atom. The van der Waals surface area contributed by atoms with Crippen molar-refractivity contribution in [2.75, 3.05) is 7.11 Å². The predicted octanol–water partition coefficient (Wildman–Crippen LogP) is 4.47. The van der Waals surface area contributed by atoms with Crippen LogP contribution in [-0.4, -0.2) is 19.0 Å². The molecule has 0 heterocycles. The molecule has 3 aromatic carbocycles. The first-order valence-corrected chi connectivity index (χ1v) is 8.64. The van der Waals surface area contributed by atoms with E-state index in [2.05, 4.69) is 10.1 Å². The van der Waals surface area contributed by atoms with Crippen LogP contribution >= 0.6 is 0 Å². The van der Waals surface area contributed by atoms with Crippen molar-refractivity contribution in [2.45, 2.75) is 6.54 Å². The molecule has 0 aromatic heterocycles. The van der Waals surface area contributed by atoms with Gasteiger partial charge < -0.3 is 14.8 Å². The molecule has 29 heavy (non-hydrogen) atoms. The highest BCUT2D eigenvalue weighted by Gasteiger charge is 2.14. The van der Waals surface area contributed by atoms with Crippen LogP contribution in [0.1, 0.15) is 26.3 Å². The van der Waals surface area contributed by atoms with Crippen molar-refractivity contribution in [1.29, 1.82) is 0 Å². The van der Waals surface area contributed by atoms with E-state index in [9.17, 15) is 18.4 Å². The van der Waals surface area contributed by atoms with Crippen molar-refractivity contribution < 1.29 is 27.8 Å². The zero-order valence-corrected chi connectivity index (χ0v) is 15.4. The molecule has 0 radical (unpaired) electrons. The zero-order chi connectivity index (χ0) is 20.8. The maximum Gasteiger partial charge on any atom is 0.337 e. The van der Waals surface area contributed by atoms with Gasteiger partial charge in [0.25, 0.3) is 5.91 Å². The number of carbonyl (C=O) groups is 2. The molecule has 3 aromatic rings. The summed E-state index contributed by atoms with van der Waals surface area (Å²) >= 11 is 0. The third kappa shape index (κ3) is 5.16. The SMILES string of the molecule is COC(=O)c1cccc(Oc2ccc(F)c(C(=O)NCc3ccc(F)cc3)c2)c1. The van der Waals surface area contributed by atoms with Crippen molar-refractivity contribution >= 4 is 11.9 Å². The maximum atomic E-state index is 14.1. The summed E-state index contributed by atoms with van der Waals surface area (Å²) in [6.45, 7) is 0.116. The number of methoxy groups -OCH3 is 1. The lowest BCUT2D eigenvalue weighted by molar-refractivity contribution is 0.0600. The Kier molecular flexibility index (Phi) is 6.19. The molecule has 1 amide bonds. The van der Waals surface area contributed by atoms with Gasteiger partial charge in [0.2, 0.25) is 0 Å². The number of benzene rings is 3. The van der Waals surface area contributed by atoms with E-state index in [1.54, 1.807) is 18.2 Å². The number of ether oxygens (including phenoxy) is 2. The number of hydrogen-bond acceptors (Lipinski definition) is 4. The van der Waals surface area contributed by atoms with Crippen LogP contribution in [0.15, 0.2) is 66.7 Å². The fraction of sp³-hybridized carbons (Fsp3) is 0.0909. The van der Waals surface area contributed by atoms with Gasteiger partial charge in [-0.15, -0.1) is 0 Å². The summed E-state index contributed by atoms with van der Waals surface area (Å²) in [7, 11) is 1.27. The van der Waals surface area contributed by atoms with Crippen LogP contribution < -0.4 is 10.1 Å². The van der Waals surface area contributed by atoms with Crippen LogP contribution in [0.5, 0.6) is 11.5 Å². The topological polar surface area (TPSA) is 64.6 Å². The molecule has 0 unspecified atom stereocenters. The van der Waals surface area contributed by atoms with Gasteiger partial charge in [0.15, 0.2) is 0 Å². The van der Waals surface area contributed by atoms with Crippen LogP contribution in [0.3, 0.4) is 0 Å². The Hall–Kier alpha value is -3.74. The highest BCUT2D eigenvalue weighted by Crippen LogP contribution is 2.25. The van der Waals surface area contributed by atoms with E-state index in [1.165, 1.54) is 49.6 Å². The molecule has 0 aliphatic heterocycles. The number of rotatable bonds is 6. The van der Waals surface area contributed by atoms with E-state index in [-0.39, 0.29) is 23.7 Å². The van der Waals surface area contributed by atoms with Crippen LogP contribution in [0.2, 0.25) is 0 Å². The number of carbonyl (C=O) groups excluding carboxylic acids is 2. The average molecular weight is 397 g/mol. The molecule has 0 spiro atoms. The Bertz CT molecular complexity index is 1040. The van der Waals surface area contributed by atoms with Crippen LogP contribution in [0, 0.1) is 11.6 Å². The molecule has 0 aliphatic rings. The Balaban J connectivity index is 1.73. The fourth-order valence-corrected chi connectivity index (χ4v) is 2.56. The van der Waals surface area contributed by atoms with Gasteiger partial charge >= 0.3 is 5.97 Å². The normalized spacial score (nSPS) is 10.3. The second-order valence-electron chi connectivity index (χ2n) is 6.07. The van der Waals surface area contributed by atoms with Gasteiger partial charge in [-0.3, -0.25) is 4.79 Å². The molecule has 0 fully saturated rings. The van der Waals surface area contributed by atoms with Crippen LogP contribution in [0.4, 0.5) is 8.78 Å². The van der Waals surface area contributed by atoms with Gasteiger partial charge in [0, 0.05) is 6.54 Å². The summed E-state index contributed by atoms with van der Waals surface area (Å²) in [6.07, 6.45) is 0. The molecule has 0 atom stereocenters. The third-order valence-corrected chi connectivity index (χ3v) is 4.04. The molecule has 3 rings (SSSR count). The highest BCUT2D eigenvalue weighted by molar-refractivity contribution is 5.94. The Labute approximate surface area is 165 Å². The largest absolute Gasteiger partial charge is 0.465 e. The van der Waals surface area contributed by atoms with Crippen molar-refractivity contribution in [1.82, 2.24) is 5.32 Å². The lowest BCUT2D eigenvalue weighted by Gasteiger charge is -2.10. The summed E-state index contributed by atoms with van der Waals surface area (Å²) in [6, 6.07) is 15.6. The molecule has 0 saturated carbocycles. The number of nitrogens with one attached hydrogen (secondary N) is 1. The van der Waals surface area contributed by atoms with E-state index in [0.29, 0.717) is 16.9 Å². The molecular weight excluding hydrogens is 380 g/mol. The van der Waals surface area contributed by atoms with Crippen molar-refractivity contribution in [3.8, 4) is 11.5 Å². The van der Waals surface area contributed by atoms with Crippen molar-refractivity contribution in [2.24, 2.45) is 0 Å². The lowest BCUT2D eigenvalue weighted by Crippen LogP contribution is -2.23. The first kappa shape index (κ1) is 20.0. The molecule has 0 saturated heterocycles. The number of amides is 1. The second-order valence-corrected chi connectivity index (χ2v) is 6.07. The van der Waals surface area contributed by atoms with E-state index in [0.717, 1.165) is 6.07 Å². The molecule has 148 valence electrons. The summed E-state index contributed by atoms with van der Waals surface area (Å²) in [5.74, 6) is -1.70. The standard InChI is InChI=1S/C22H17F2NO4/c1-28-22(27)15-3-2-4-17(11-15)29-18-9-10-20(24)19(12-18)21(26)25-13-14-5-7-16(23)8-6-14/h2-12H,13H2,1H3,(H,25,26). The third-order valence-electron chi connectivity index (χ3n) is 4.04. The Morgan fingerprint density at radius 2 is 1.66 bits per heavy atom. The van der Waals surface area contributed by atoms with Gasteiger partial charge in [0.1, 0.15) is 23.1 Å². The molecule has 0 aliphatic carbocycles. The first-order chi connectivity index (χ1) is 14.0. The second kappa shape index (κ2) is 8.97. The minimum atomic E-state index is -0.711. The van der Waals surface area contributed by atoms with Crippen LogP contribution in [-0.2, 0) is 11.3 Å². The smallest absolute Gasteiger partial charge is 0.337 e. The molecule has 5 nitrogen and oxygen atoms in total. The van der Waals surface area contributed by atoms with E-state index in [1.807, 2.05) is 0 Å². The quantitative estimate of drug-likeness (QED) is 0.623. The molecule has 7 heteroatoms. The predicted molar refractivity (Wildman–Crippen MR) is 102 cm³/mol. The van der Waals surface area contributed by atoms with Gasteiger partial charge in [0.05, 0.1) is 18.2 Å². The van der Waals surface area contributed by atoms with E-state index >= 15 is 0 Å². The van der Waals surface area contributed by atoms with Gasteiger partial charge in [-0.2, -0.15) is 0 Å². The monoisotopic (exact) mass is 397 g/mol. The zero-order valence-electron chi connectivity index (χ0n) is 15.4. The highest BCUT2D eigenvalue weighted by atomic mass is 19.1. The molecular formula is C22H17F2NO4. The summed E-state index contributed by atoms with van der Waals surface area (Å²) in [5, 5.41) is 2.58. The lowest BCUT2D eigenvalue weighted by atomic mass is 10.1. The number of hydrogen-bond donors (Lipinski definition) is 1. The summed E-state index contributed by atoms with van der Waals surface area (Å²) in [5.41, 5.74) is 0.769. The minimum Gasteiger partial charge on any atom is -0.465 e. The van der Waals surface area contributed by atoms with E-state index < -0.39 is 17.7 Å². The minimum absolute atomic E-state index is 0.116. The van der Waals surface area contributed by atoms with Gasteiger partial charge in [-0.05, 0) is 54.1 Å². The fourth-order valence-electron chi connectivity index (χ4n) is 2.56. The van der Waals surface area contributed by atoms with Crippen molar-refractivity contribution in [3.63, 3.8) is 0 Å². The van der Waals surface area contributed by atoms with Gasteiger partial charge in [-0.25, -0.2) is 13.6 Å². The maximum absolute atomic E-state index is 14.1. The van der Waals surface area contributed by atoms with Gasteiger partial charge in [-0.1, -0.05) is 18.2 Å². The summed E-state index contributed by atoms with van der Waals surface area (Å²) in [4.78, 5) is 24.0. The van der Waals surface area contributed by atoms with E-state index in [4.69, 9.17) is 4.74 Å². The first-order valence-electron chi connectivity index (χ1n) is 8.64. The molecule has 1 N–H and O–H groups in total. The Morgan fingerprint density at radius 3 is 2.38 bits per heavy atom. The summed E-state index contributed by atoms with van der Waals surface area (Å²) < 4.78 is 37.4. The van der Waals surface area contributed by atoms with Crippen molar-refractivity contribution in [3.05, 3.63) is 95.1 Å².